The van der Waals surface area contributed by atoms with Crippen LogP contribution in [-0.4, -0.2) is 29.9 Å². The maximum Gasteiger partial charge on any atom is 0.261 e. The minimum absolute atomic E-state index is 0.109. The van der Waals surface area contributed by atoms with Gasteiger partial charge in [0.1, 0.15) is 12.3 Å². The van der Waals surface area contributed by atoms with Crippen molar-refractivity contribution < 1.29 is 14.3 Å². The van der Waals surface area contributed by atoms with Gasteiger partial charge in [0, 0.05) is 20.7 Å². The molecule has 0 saturated heterocycles. The molecule has 4 rings (SSSR count). The summed E-state index contributed by atoms with van der Waals surface area (Å²) in [7, 11) is 0. The zero-order valence-electron chi connectivity index (χ0n) is 16.1. The highest BCUT2D eigenvalue weighted by Crippen LogP contribution is 2.37. The number of amides is 2. The Hall–Kier alpha value is -2.54. The lowest BCUT2D eigenvalue weighted by atomic mass is 9.96. The Morgan fingerprint density at radius 2 is 1.87 bits per heavy atom. The minimum atomic E-state index is -0.468. The molecule has 1 N–H and O–H groups in total. The van der Waals surface area contributed by atoms with Crippen LogP contribution in [0.1, 0.15) is 17.2 Å². The monoisotopic (exact) mass is 518 g/mol. The van der Waals surface area contributed by atoms with Gasteiger partial charge in [-0.05, 0) is 42.0 Å². The Balaban J connectivity index is 1.69. The molecule has 0 bridgehead atoms. The third-order valence-electron chi connectivity index (χ3n) is 4.89. The summed E-state index contributed by atoms with van der Waals surface area (Å²) in [4.78, 5) is 27.4. The van der Waals surface area contributed by atoms with Crippen molar-refractivity contribution in [3.05, 3.63) is 92.4 Å². The fourth-order valence-corrected chi connectivity index (χ4v) is 4.36. The summed E-state index contributed by atoms with van der Waals surface area (Å²) in [5, 5.41) is 3.67. The van der Waals surface area contributed by atoms with Crippen molar-refractivity contribution in [2.24, 2.45) is 0 Å². The summed E-state index contributed by atoms with van der Waals surface area (Å²) >= 11 is 15.6. The summed E-state index contributed by atoms with van der Waals surface area (Å²) in [6.07, 6.45) is 0. The van der Waals surface area contributed by atoms with Crippen molar-refractivity contribution in [1.29, 1.82) is 0 Å². The van der Waals surface area contributed by atoms with E-state index in [9.17, 15) is 9.59 Å². The molecule has 0 spiro atoms. The third-order valence-corrected chi connectivity index (χ3v) is 5.91. The molecule has 1 aliphatic rings. The van der Waals surface area contributed by atoms with E-state index in [1.165, 1.54) is 4.90 Å². The van der Waals surface area contributed by atoms with Crippen LogP contribution in [-0.2, 0) is 9.59 Å². The lowest BCUT2D eigenvalue weighted by Gasteiger charge is -2.30. The fraction of sp³-hybridized carbons (Fsp3) is 0.130. The topological polar surface area (TPSA) is 58.6 Å². The van der Waals surface area contributed by atoms with Crippen LogP contribution in [0.2, 0.25) is 10.0 Å². The van der Waals surface area contributed by atoms with Gasteiger partial charge in [-0.15, -0.1) is 0 Å². The van der Waals surface area contributed by atoms with Crippen LogP contribution in [0.15, 0.2) is 71.2 Å². The van der Waals surface area contributed by atoms with Gasteiger partial charge in [-0.3, -0.25) is 9.59 Å². The maximum absolute atomic E-state index is 13.3. The Bertz CT molecular complexity index is 1140. The average Bonchev–Trinajstić information content (AvgIpc) is 2.89. The molecular weight excluding hydrogens is 503 g/mol. The number of hydrogen-bond acceptors (Lipinski definition) is 3. The predicted octanol–water partition coefficient (Wildman–Crippen LogP) is 5.71. The van der Waals surface area contributed by atoms with E-state index in [-0.39, 0.29) is 25.0 Å². The lowest BCUT2D eigenvalue weighted by molar-refractivity contribution is -0.138. The van der Waals surface area contributed by atoms with Crippen LogP contribution in [0.4, 0.5) is 5.69 Å². The highest BCUT2D eigenvalue weighted by Gasteiger charge is 2.33. The van der Waals surface area contributed by atoms with E-state index in [1.807, 2.05) is 48.5 Å². The molecule has 0 aromatic heterocycles. The first-order chi connectivity index (χ1) is 14.9. The number of carbonyl (C=O) groups excluding carboxylic acids is 2. The van der Waals surface area contributed by atoms with E-state index < -0.39 is 6.04 Å². The molecule has 3 aromatic carbocycles. The smallest absolute Gasteiger partial charge is 0.261 e. The van der Waals surface area contributed by atoms with E-state index in [0.29, 0.717) is 21.5 Å². The quantitative estimate of drug-likeness (QED) is 0.480. The SMILES string of the molecule is O=C1CN(C(=O)COc2ccc(Cl)cc2Cl)C(c2ccccc2)c2cc(Br)ccc2N1. The summed E-state index contributed by atoms with van der Waals surface area (Å²) in [6.45, 7) is -0.385. The molecule has 1 unspecified atom stereocenters. The molecule has 8 heteroatoms. The third kappa shape index (κ3) is 4.87. The van der Waals surface area contributed by atoms with Gasteiger partial charge in [-0.1, -0.05) is 69.5 Å². The number of fused-ring (bicyclic) bond motifs is 1. The largest absolute Gasteiger partial charge is 0.482 e. The molecular formula is C23H17BrCl2N2O3. The number of carbonyl (C=O) groups is 2. The van der Waals surface area contributed by atoms with Crippen molar-refractivity contribution in [2.75, 3.05) is 18.5 Å². The molecule has 1 atom stereocenters. The number of benzene rings is 3. The molecule has 2 amide bonds. The van der Waals surface area contributed by atoms with Gasteiger partial charge in [-0.25, -0.2) is 0 Å². The number of hydrogen-bond donors (Lipinski definition) is 1. The van der Waals surface area contributed by atoms with Crippen LogP contribution in [0, 0.1) is 0 Å². The number of nitrogens with zero attached hydrogens (tertiary/aromatic N) is 1. The molecule has 3 aromatic rings. The summed E-state index contributed by atoms with van der Waals surface area (Å²) in [5.74, 6) is -0.277. The van der Waals surface area contributed by atoms with Crippen LogP contribution in [0.5, 0.6) is 5.75 Å². The van der Waals surface area contributed by atoms with Crippen molar-refractivity contribution in [2.45, 2.75) is 6.04 Å². The number of halogens is 3. The normalized spacial score (nSPS) is 15.6. The number of nitrogens with one attached hydrogen (secondary N) is 1. The fourth-order valence-electron chi connectivity index (χ4n) is 3.52. The van der Waals surface area contributed by atoms with Gasteiger partial charge in [0.15, 0.2) is 6.61 Å². The van der Waals surface area contributed by atoms with Crippen LogP contribution < -0.4 is 10.1 Å². The average molecular weight is 520 g/mol. The van der Waals surface area contributed by atoms with Crippen LogP contribution in [0.3, 0.4) is 0 Å². The number of anilines is 1. The van der Waals surface area contributed by atoms with E-state index in [2.05, 4.69) is 21.2 Å². The van der Waals surface area contributed by atoms with Crippen LogP contribution >= 0.6 is 39.1 Å². The van der Waals surface area contributed by atoms with Gasteiger partial charge in [0.2, 0.25) is 5.91 Å². The predicted molar refractivity (Wildman–Crippen MR) is 125 cm³/mol. The molecule has 0 aliphatic carbocycles. The molecule has 0 fully saturated rings. The first-order valence-electron chi connectivity index (χ1n) is 9.44. The minimum Gasteiger partial charge on any atom is -0.482 e. The second-order valence-corrected chi connectivity index (χ2v) is 8.74. The molecule has 5 nitrogen and oxygen atoms in total. The molecule has 31 heavy (non-hydrogen) atoms. The van der Waals surface area contributed by atoms with E-state index >= 15 is 0 Å². The summed E-state index contributed by atoms with van der Waals surface area (Å²) in [6, 6.07) is 19.5. The molecule has 1 aliphatic heterocycles. The van der Waals surface area contributed by atoms with E-state index in [1.54, 1.807) is 18.2 Å². The lowest BCUT2D eigenvalue weighted by Crippen LogP contribution is -2.41. The highest BCUT2D eigenvalue weighted by molar-refractivity contribution is 9.10. The molecule has 0 radical (unpaired) electrons. The van der Waals surface area contributed by atoms with Gasteiger partial charge in [0.25, 0.3) is 5.91 Å². The second-order valence-electron chi connectivity index (χ2n) is 6.98. The van der Waals surface area contributed by atoms with Crippen molar-refractivity contribution in [1.82, 2.24) is 4.90 Å². The molecule has 158 valence electrons. The van der Waals surface area contributed by atoms with Crippen molar-refractivity contribution in [3.63, 3.8) is 0 Å². The van der Waals surface area contributed by atoms with E-state index in [4.69, 9.17) is 27.9 Å². The maximum atomic E-state index is 13.3. The number of ether oxygens (including phenoxy) is 1. The Labute approximate surface area is 198 Å². The molecule has 1 heterocycles. The van der Waals surface area contributed by atoms with Gasteiger partial charge >= 0.3 is 0 Å². The van der Waals surface area contributed by atoms with E-state index in [0.717, 1.165) is 15.6 Å². The van der Waals surface area contributed by atoms with Gasteiger partial charge in [0.05, 0.1) is 11.1 Å². The first kappa shape index (κ1) is 21.7. The second kappa shape index (κ2) is 9.30. The Morgan fingerprint density at radius 1 is 1.10 bits per heavy atom. The Kier molecular flexibility index (Phi) is 6.51. The van der Waals surface area contributed by atoms with Gasteiger partial charge < -0.3 is 15.0 Å². The van der Waals surface area contributed by atoms with Crippen molar-refractivity contribution in [3.8, 4) is 5.75 Å². The van der Waals surface area contributed by atoms with Gasteiger partial charge in [-0.2, -0.15) is 0 Å². The zero-order chi connectivity index (χ0) is 22.0. The first-order valence-corrected chi connectivity index (χ1v) is 11.0. The summed E-state index contributed by atoms with van der Waals surface area (Å²) < 4.78 is 6.50. The zero-order valence-corrected chi connectivity index (χ0v) is 19.2. The van der Waals surface area contributed by atoms with Crippen molar-refractivity contribution >= 4 is 56.6 Å². The van der Waals surface area contributed by atoms with Crippen LogP contribution in [0.25, 0.3) is 0 Å². The standard InChI is InChI=1S/C23H17BrCl2N2O3/c24-15-6-8-19-17(10-15)23(14-4-2-1-3-5-14)28(12-21(29)27-19)22(30)13-31-20-9-7-16(25)11-18(20)26/h1-11,23H,12-13H2,(H,27,29). The number of rotatable bonds is 4. The highest BCUT2D eigenvalue weighted by atomic mass is 79.9. The summed E-state index contributed by atoms with van der Waals surface area (Å²) in [5.41, 5.74) is 2.36. The molecule has 0 saturated carbocycles. The Morgan fingerprint density at radius 3 is 2.61 bits per heavy atom.